The standard InChI is InChI=1S/C14H24N2O2/c1-14(2)8-10-9-16(7-5-12(10)18-14)13(17)11-4-3-6-15-11/h10-12,15H,3-9H2,1-2H3/t10-,11+,12+/m1/s1. The molecule has 4 nitrogen and oxygen atoms in total. The van der Waals surface area contributed by atoms with Crippen molar-refractivity contribution in [1.29, 1.82) is 0 Å². The minimum Gasteiger partial charge on any atom is -0.372 e. The largest absolute Gasteiger partial charge is 0.372 e. The van der Waals surface area contributed by atoms with E-state index in [0.717, 1.165) is 45.3 Å². The summed E-state index contributed by atoms with van der Waals surface area (Å²) in [6.07, 6.45) is 4.60. The number of piperidine rings is 1. The van der Waals surface area contributed by atoms with Gasteiger partial charge in [0.15, 0.2) is 0 Å². The summed E-state index contributed by atoms with van der Waals surface area (Å²) >= 11 is 0. The quantitative estimate of drug-likeness (QED) is 0.761. The van der Waals surface area contributed by atoms with E-state index in [1.807, 2.05) is 0 Å². The summed E-state index contributed by atoms with van der Waals surface area (Å²) in [6, 6.07) is 0.0804. The highest BCUT2D eigenvalue weighted by Gasteiger charge is 2.44. The van der Waals surface area contributed by atoms with E-state index in [1.165, 1.54) is 0 Å². The third-order valence-electron chi connectivity index (χ3n) is 4.56. The van der Waals surface area contributed by atoms with Gasteiger partial charge in [-0.1, -0.05) is 0 Å². The van der Waals surface area contributed by atoms with Gasteiger partial charge in [-0.2, -0.15) is 0 Å². The smallest absolute Gasteiger partial charge is 0.239 e. The molecule has 0 aromatic carbocycles. The maximum absolute atomic E-state index is 12.4. The van der Waals surface area contributed by atoms with Crippen LogP contribution in [0.15, 0.2) is 0 Å². The van der Waals surface area contributed by atoms with Gasteiger partial charge in [-0.25, -0.2) is 0 Å². The molecule has 1 amide bonds. The summed E-state index contributed by atoms with van der Waals surface area (Å²) in [5.41, 5.74) is -0.000000551. The highest BCUT2D eigenvalue weighted by atomic mass is 16.5. The van der Waals surface area contributed by atoms with Crippen LogP contribution in [0.2, 0.25) is 0 Å². The topological polar surface area (TPSA) is 41.6 Å². The van der Waals surface area contributed by atoms with Gasteiger partial charge < -0.3 is 15.0 Å². The van der Waals surface area contributed by atoms with Crippen molar-refractivity contribution in [2.24, 2.45) is 5.92 Å². The van der Waals surface area contributed by atoms with E-state index in [-0.39, 0.29) is 11.6 Å². The Kier molecular flexibility index (Phi) is 3.10. The third-order valence-corrected chi connectivity index (χ3v) is 4.56. The monoisotopic (exact) mass is 252 g/mol. The highest BCUT2D eigenvalue weighted by Crippen LogP contribution is 2.39. The molecule has 0 aromatic rings. The summed E-state index contributed by atoms with van der Waals surface area (Å²) in [5.74, 6) is 0.856. The van der Waals surface area contributed by atoms with E-state index in [9.17, 15) is 4.79 Å². The van der Waals surface area contributed by atoms with Crippen molar-refractivity contribution in [2.75, 3.05) is 19.6 Å². The van der Waals surface area contributed by atoms with Gasteiger partial charge in [-0.05, 0) is 46.1 Å². The van der Waals surface area contributed by atoms with Crippen LogP contribution in [0.5, 0.6) is 0 Å². The Bertz CT molecular complexity index is 337. The van der Waals surface area contributed by atoms with Gasteiger partial charge in [0.25, 0.3) is 0 Å². The van der Waals surface area contributed by atoms with E-state index in [2.05, 4.69) is 24.1 Å². The molecule has 3 rings (SSSR count). The Morgan fingerprint density at radius 1 is 1.39 bits per heavy atom. The van der Waals surface area contributed by atoms with Crippen LogP contribution in [0.1, 0.15) is 39.5 Å². The molecule has 0 aliphatic carbocycles. The van der Waals surface area contributed by atoms with Crippen molar-refractivity contribution >= 4 is 5.91 Å². The second-order valence-corrected chi connectivity index (χ2v) is 6.60. The summed E-state index contributed by atoms with van der Waals surface area (Å²) < 4.78 is 6.05. The first-order valence-corrected chi connectivity index (χ1v) is 7.25. The molecule has 3 aliphatic rings. The third kappa shape index (κ3) is 2.28. The van der Waals surface area contributed by atoms with Crippen LogP contribution in [-0.2, 0) is 9.53 Å². The van der Waals surface area contributed by atoms with Crippen LogP contribution in [0.4, 0.5) is 0 Å². The molecule has 3 heterocycles. The average Bonchev–Trinajstić information content (AvgIpc) is 2.91. The van der Waals surface area contributed by atoms with Crippen LogP contribution < -0.4 is 5.32 Å². The van der Waals surface area contributed by atoms with Crippen molar-refractivity contribution in [3.05, 3.63) is 0 Å². The van der Waals surface area contributed by atoms with E-state index >= 15 is 0 Å². The van der Waals surface area contributed by atoms with Gasteiger partial charge in [0.2, 0.25) is 5.91 Å². The fourth-order valence-corrected chi connectivity index (χ4v) is 3.77. The number of amides is 1. The zero-order valence-corrected chi connectivity index (χ0v) is 11.4. The minimum atomic E-state index is -0.000000551. The Balaban J connectivity index is 1.62. The van der Waals surface area contributed by atoms with E-state index < -0.39 is 0 Å². The molecule has 102 valence electrons. The first-order valence-electron chi connectivity index (χ1n) is 7.25. The number of ether oxygens (including phenoxy) is 1. The van der Waals surface area contributed by atoms with E-state index in [0.29, 0.717) is 17.9 Å². The van der Waals surface area contributed by atoms with Gasteiger partial charge in [0.1, 0.15) is 0 Å². The Morgan fingerprint density at radius 2 is 2.22 bits per heavy atom. The average molecular weight is 252 g/mol. The number of nitrogens with zero attached hydrogens (tertiary/aromatic N) is 1. The number of carbonyl (C=O) groups excluding carboxylic acids is 1. The lowest BCUT2D eigenvalue weighted by Gasteiger charge is -2.35. The molecule has 4 heteroatoms. The lowest BCUT2D eigenvalue weighted by Crippen LogP contribution is -2.50. The van der Waals surface area contributed by atoms with Crippen molar-refractivity contribution in [1.82, 2.24) is 10.2 Å². The summed E-state index contributed by atoms with van der Waals surface area (Å²) in [7, 11) is 0. The number of carbonyl (C=O) groups is 1. The Labute approximate surface area is 109 Å². The van der Waals surface area contributed by atoms with Gasteiger partial charge >= 0.3 is 0 Å². The van der Waals surface area contributed by atoms with Crippen molar-refractivity contribution in [3.8, 4) is 0 Å². The number of hydrogen-bond donors (Lipinski definition) is 1. The highest BCUT2D eigenvalue weighted by molar-refractivity contribution is 5.82. The van der Waals surface area contributed by atoms with Gasteiger partial charge in [0.05, 0.1) is 17.7 Å². The number of fused-ring (bicyclic) bond motifs is 1. The second-order valence-electron chi connectivity index (χ2n) is 6.60. The molecule has 0 bridgehead atoms. The molecule has 1 N–H and O–H groups in total. The van der Waals surface area contributed by atoms with Crippen LogP contribution in [0.3, 0.4) is 0 Å². The Morgan fingerprint density at radius 3 is 2.94 bits per heavy atom. The van der Waals surface area contributed by atoms with Gasteiger partial charge in [-0.15, -0.1) is 0 Å². The Hall–Kier alpha value is -0.610. The first-order chi connectivity index (χ1) is 8.55. The zero-order chi connectivity index (χ0) is 12.8. The molecular weight excluding hydrogens is 228 g/mol. The molecule has 3 aliphatic heterocycles. The van der Waals surface area contributed by atoms with Crippen LogP contribution >= 0.6 is 0 Å². The lowest BCUT2D eigenvalue weighted by atomic mass is 9.89. The number of hydrogen-bond acceptors (Lipinski definition) is 3. The molecule has 3 fully saturated rings. The number of nitrogens with one attached hydrogen (secondary N) is 1. The van der Waals surface area contributed by atoms with Crippen LogP contribution in [0.25, 0.3) is 0 Å². The summed E-state index contributed by atoms with van der Waals surface area (Å²) in [6.45, 7) is 7.08. The molecule has 0 spiro atoms. The normalized spacial score (nSPS) is 38.8. The molecule has 0 saturated carbocycles. The fourth-order valence-electron chi connectivity index (χ4n) is 3.77. The SMILES string of the molecule is CC1(C)C[C@@H]2CN(C(=O)[C@@H]3CCCN3)CC[C@@H]2O1. The molecule has 0 aromatic heterocycles. The van der Waals surface area contributed by atoms with Crippen molar-refractivity contribution in [2.45, 2.75) is 57.3 Å². The van der Waals surface area contributed by atoms with Gasteiger partial charge in [-0.3, -0.25) is 4.79 Å². The number of rotatable bonds is 1. The fraction of sp³-hybridized carbons (Fsp3) is 0.929. The van der Waals surface area contributed by atoms with Crippen LogP contribution in [-0.4, -0.2) is 48.2 Å². The predicted molar refractivity (Wildman–Crippen MR) is 69.3 cm³/mol. The molecule has 18 heavy (non-hydrogen) atoms. The lowest BCUT2D eigenvalue weighted by molar-refractivity contribution is -0.136. The first kappa shape index (κ1) is 12.4. The summed E-state index contributed by atoms with van der Waals surface area (Å²) in [4.78, 5) is 14.4. The minimum absolute atomic E-state index is 0.000000551. The molecule has 0 radical (unpaired) electrons. The molecular formula is C14H24N2O2. The number of likely N-dealkylation sites (tertiary alicyclic amines) is 1. The second kappa shape index (κ2) is 4.49. The molecule has 3 atom stereocenters. The van der Waals surface area contributed by atoms with Gasteiger partial charge in [0, 0.05) is 19.0 Å². The maximum atomic E-state index is 12.4. The maximum Gasteiger partial charge on any atom is 0.239 e. The van der Waals surface area contributed by atoms with Crippen LogP contribution in [0, 0.1) is 5.92 Å². The zero-order valence-electron chi connectivity index (χ0n) is 11.4. The van der Waals surface area contributed by atoms with E-state index in [1.54, 1.807) is 0 Å². The predicted octanol–water partition coefficient (Wildman–Crippen LogP) is 1.15. The molecule has 0 unspecified atom stereocenters. The van der Waals surface area contributed by atoms with Crippen molar-refractivity contribution in [3.63, 3.8) is 0 Å². The molecule has 3 saturated heterocycles. The van der Waals surface area contributed by atoms with E-state index in [4.69, 9.17) is 4.74 Å². The van der Waals surface area contributed by atoms with Crippen molar-refractivity contribution < 1.29 is 9.53 Å². The summed E-state index contributed by atoms with van der Waals surface area (Å²) in [5, 5.41) is 3.31.